The number of rotatable bonds is 9. The van der Waals surface area contributed by atoms with Crippen LogP contribution in [-0.4, -0.2) is 69.8 Å². The molecular weight excluding hydrogens is 500 g/mol. The first-order chi connectivity index (χ1) is 17.8. The lowest BCUT2D eigenvalue weighted by Gasteiger charge is -2.26. The highest BCUT2D eigenvalue weighted by atomic mass is 32.2. The summed E-state index contributed by atoms with van der Waals surface area (Å²) in [4.78, 5) is 36.8. The second kappa shape index (κ2) is 11.8. The number of benzene rings is 2. The van der Waals surface area contributed by atoms with Gasteiger partial charge in [-0.05, 0) is 60.7 Å². The van der Waals surface area contributed by atoms with Crippen molar-refractivity contribution in [1.82, 2.24) is 14.9 Å². The van der Waals surface area contributed by atoms with E-state index in [0.29, 0.717) is 43.1 Å². The van der Waals surface area contributed by atoms with Crippen molar-refractivity contribution in [2.75, 3.05) is 44.7 Å². The predicted octanol–water partition coefficient (Wildman–Crippen LogP) is 1.71. The van der Waals surface area contributed by atoms with Gasteiger partial charge in [-0.1, -0.05) is 0 Å². The third-order valence-corrected chi connectivity index (χ3v) is 7.48. The number of morpholine rings is 1. The molecule has 2 heterocycles. The molecule has 1 aliphatic heterocycles. The van der Waals surface area contributed by atoms with Gasteiger partial charge < -0.3 is 25.1 Å². The number of ether oxygens (including phenoxy) is 1. The quantitative estimate of drug-likeness (QED) is 0.360. The van der Waals surface area contributed by atoms with Crippen LogP contribution in [0.25, 0.3) is 0 Å². The SMILES string of the molecule is O=C(NCCNC(=O)c1ccco1)c1ccc(NC(=O)c2ccc(S(=O)(=O)N3CCOCC3)cc2)cc1. The molecule has 0 spiro atoms. The van der Waals surface area contributed by atoms with Crippen LogP contribution in [0.15, 0.2) is 76.2 Å². The topological polar surface area (TPSA) is 147 Å². The maximum Gasteiger partial charge on any atom is 0.287 e. The van der Waals surface area contributed by atoms with Crippen LogP contribution in [0.1, 0.15) is 31.3 Å². The van der Waals surface area contributed by atoms with E-state index in [1.165, 1.54) is 34.8 Å². The maximum atomic E-state index is 12.7. The predicted molar refractivity (Wildman–Crippen MR) is 134 cm³/mol. The average Bonchev–Trinajstić information content (AvgIpc) is 3.47. The van der Waals surface area contributed by atoms with E-state index in [9.17, 15) is 22.8 Å². The molecular formula is C25H26N4O7S. The number of nitrogens with one attached hydrogen (secondary N) is 3. The summed E-state index contributed by atoms with van der Waals surface area (Å²) in [6.45, 7) is 1.74. The Kier molecular flexibility index (Phi) is 8.33. The van der Waals surface area contributed by atoms with Gasteiger partial charge in [-0.2, -0.15) is 4.31 Å². The summed E-state index contributed by atoms with van der Waals surface area (Å²) in [5.41, 5.74) is 1.14. The number of hydrogen-bond donors (Lipinski definition) is 3. The van der Waals surface area contributed by atoms with Crippen LogP contribution in [0.4, 0.5) is 5.69 Å². The highest BCUT2D eigenvalue weighted by Crippen LogP contribution is 2.18. The number of sulfonamides is 1. The van der Waals surface area contributed by atoms with E-state index in [4.69, 9.17) is 9.15 Å². The van der Waals surface area contributed by atoms with Crippen molar-refractivity contribution in [3.05, 3.63) is 83.8 Å². The Morgan fingerprint density at radius 1 is 0.784 bits per heavy atom. The van der Waals surface area contributed by atoms with E-state index in [0.717, 1.165) is 0 Å². The van der Waals surface area contributed by atoms with Gasteiger partial charge in [0.05, 0.1) is 24.4 Å². The molecule has 1 aromatic heterocycles. The first-order valence-corrected chi connectivity index (χ1v) is 13.0. The van der Waals surface area contributed by atoms with Gasteiger partial charge >= 0.3 is 0 Å². The van der Waals surface area contributed by atoms with Crippen LogP contribution in [-0.2, 0) is 14.8 Å². The van der Waals surface area contributed by atoms with Crippen molar-refractivity contribution in [2.24, 2.45) is 0 Å². The fourth-order valence-corrected chi connectivity index (χ4v) is 4.98. The average molecular weight is 527 g/mol. The van der Waals surface area contributed by atoms with Crippen molar-refractivity contribution in [1.29, 1.82) is 0 Å². The van der Waals surface area contributed by atoms with Crippen LogP contribution in [0.2, 0.25) is 0 Å². The molecule has 3 aromatic rings. The fourth-order valence-electron chi connectivity index (χ4n) is 3.57. The Morgan fingerprint density at radius 2 is 1.38 bits per heavy atom. The molecule has 0 saturated carbocycles. The van der Waals surface area contributed by atoms with Crippen molar-refractivity contribution in [3.63, 3.8) is 0 Å². The molecule has 0 atom stereocenters. The lowest BCUT2D eigenvalue weighted by atomic mass is 10.1. The number of carbonyl (C=O) groups is 3. The van der Waals surface area contributed by atoms with Crippen LogP contribution < -0.4 is 16.0 Å². The number of carbonyl (C=O) groups excluding carboxylic acids is 3. The van der Waals surface area contributed by atoms with Crippen molar-refractivity contribution >= 4 is 33.4 Å². The molecule has 3 N–H and O–H groups in total. The largest absolute Gasteiger partial charge is 0.459 e. The molecule has 1 fully saturated rings. The summed E-state index contributed by atoms with van der Waals surface area (Å²) in [5.74, 6) is -0.923. The molecule has 0 radical (unpaired) electrons. The van der Waals surface area contributed by atoms with Gasteiger partial charge in [0.1, 0.15) is 0 Å². The Bertz CT molecular complexity index is 1330. The molecule has 1 aliphatic rings. The molecule has 194 valence electrons. The third kappa shape index (κ3) is 6.61. The van der Waals surface area contributed by atoms with Gasteiger partial charge in [0, 0.05) is 43.0 Å². The highest BCUT2D eigenvalue weighted by Gasteiger charge is 2.26. The molecule has 2 aromatic carbocycles. The molecule has 37 heavy (non-hydrogen) atoms. The fraction of sp³-hybridized carbons (Fsp3) is 0.240. The molecule has 12 heteroatoms. The number of nitrogens with zero attached hydrogens (tertiary/aromatic N) is 1. The van der Waals surface area contributed by atoms with Crippen molar-refractivity contribution in [3.8, 4) is 0 Å². The molecule has 1 saturated heterocycles. The summed E-state index contributed by atoms with van der Waals surface area (Å²) in [6.07, 6.45) is 1.40. The minimum atomic E-state index is -3.64. The van der Waals surface area contributed by atoms with Gasteiger partial charge in [0.2, 0.25) is 10.0 Å². The van der Waals surface area contributed by atoms with Gasteiger partial charge in [-0.3, -0.25) is 14.4 Å². The van der Waals surface area contributed by atoms with Gasteiger partial charge in [0.15, 0.2) is 5.76 Å². The molecule has 0 bridgehead atoms. The molecule has 3 amide bonds. The zero-order valence-electron chi connectivity index (χ0n) is 19.8. The minimum absolute atomic E-state index is 0.113. The first kappa shape index (κ1) is 26.1. The van der Waals surface area contributed by atoms with E-state index in [-0.39, 0.29) is 35.6 Å². The van der Waals surface area contributed by atoms with E-state index in [2.05, 4.69) is 16.0 Å². The van der Waals surface area contributed by atoms with Crippen molar-refractivity contribution < 1.29 is 32.0 Å². The smallest absolute Gasteiger partial charge is 0.287 e. The second-order valence-corrected chi connectivity index (χ2v) is 10.00. The number of anilines is 1. The lowest BCUT2D eigenvalue weighted by Crippen LogP contribution is -2.40. The highest BCUT2D eigenvalue weighted by molar-refractivity contribution is 7.89. The normalized spacial score (nSPS) is 14.1. The van der Waals surface area contributed by atoms with Crippen LogP contribution >= 0.6 is 0 Å². The zero-order valence-corrected chi connectivity index (χ0v) is 20.6. The number of furan rings is 1. The van der Waals surface area contributed by atoms with Crippen LogP contribution in [0, 0.1) is 0 Å². The lowest BCUT2D eigenvalue weighted by molar-refractivity contribution is 0.0730. The summed E-state index contributed by atoms with van der Waals surface area (Å²) < 4.78 is 37.0. The Hall–Kier alpha value is -4.00. The first-order valence-electron chi connectivity index (χ1n) is 11.5. The minimum Gasteiger partial charge on any atom is -0.459 e. The zero-order chi connectivity index (χ0) is 26.3. The standard InChI is InChI=1S/C25H26N4O7S/c30-23(26-11-12-27-25(32)22-2-1-15-36-22)18-3-7-20(8-4-18)28-24(31)19-5-9-21(10-6-19)37(33,34)29-13-16-35-17-14-29/h1-10,15H,11-14,16-17H2,(H,26,30)(H,27,32)(H,28,31). The molecule has 0 aliphatic carbocycles. The maximum absolute atomic E-state index is 12.7. The number of amides is 3. The van der Waals surface area contributed by atoms with Gasteiger partial charge in [-0.25, -0.2) is 8.42 Å². The Balaban J connectivity index is 1.26. The van der Waals surface area contributed by atoms with Crippen LogP contribution in [0.3, 0.4) is 0 Å². The van der Waals surface area contributed by atoms with E-state index < -0.39 is 15.9 Å². The molecule has 0 unspecified atom stereocenters. The monoisotopic (exact) mass is 526 g/mol. The van der Waals surface area contributed by atoms with E-state index in [1.807, 2.05) is 0 Å². The number of hydrogen-bond acceptors (Lipinski definition) is 7. The second-order valence-electron chi connectivity index (χ2n) is 8.06. The van der Waals surface area contributed by atoms with Crippen molar-refractivity contribution in [2.45, 2.75) is 4.90 Å². The van der Waals surface area contributed by atoms with E-state index >= 15 is 0 Å². The summed E-state index contributed by atoms with van der Waals surface area (Å²) in [7, 11) is -3.64. The van der Waals surface area contributed by atoms with Crippen LogP contribution in [0.5, 0.6) is 0 Å². The van der Waals surface area contributed by atoms with E-state index in [1.54, 1.807) is 36.4 Å². The van der Waals surface area contributed by atoms with Gasteiger partial charge in [-0.15, -0.1) is 0 Å². The molecule has 4 rings (SSSR count). The summed E-state index contributed by atoms with van der Waals surface area (Å²) >= 11 is 0. The Labute approximate surface area is 213 Å². The molecule has 11 nitrogen and oxygen atoms in total. The summed E-state index contributed by atoms with van der Waals surface area (Å²) in [5, 5.41) is 8.05. The Morgan fingerprint density at radius 3 is 2.00 bits per heavy atom. The summed E-state index contributed by atoms with van der Waals surface area (Å²) in [6, 6.07) is 15.2. The van der Waals surface area contributed by atoms with Gasteiger partial charge in [0.25, 0.3) is 17.7 Å². The third-order valence-electron chi connectivity index (χ3n) is 5.57.